The van der Waals surface area contributed by atoms with Gasteiger partial charge in [0, 0.05) is 9.64 Å². The minimum Gasteiger partial charge on any atom is -0.395 e. The van der Waals surface area contributed by atoms with Crippen LogP contribution in [0.3, 0.4) is 0 Å². The van der Waals surface area contributed by atoms with Crippen molar-refractivity contribution in [3.8, 4) is 0 Å². The molecule has 0 saturated heterocycles. The summed E-state index contributed by atoms with van der Waals surface area (Å²) in [6, 6.07) is 6.12. The molecular weight excluding hydrogens is 356 g/mol. The Kier molecular flexibility index (Phi) is 3.65. The van der Waals surface area contributed by atoms with Crippen molar-refractivity contribution in [3.05, 3.63) is 51.4 Å². The van der Waals surface area contributed by atoms with Gasteiger partial charge in [0.05, 0.1) is 17.1 Å². The van der Waals surface area contributed by atoms with E-state index in [-0.39, 0.29) is 17.1 Å². The van der Waals surface area contributed by atoms with E-state index in [1.54, 1.807) is 6.07 Å². The maximum absolute atomic E-state index is 13.6. The average molecular weight is 364 g/mol. The molecule has 2 nitrogen and oxygen atoms in total. The molecule has 0 aliphatic carbocycles. The first-order valence-electron chi connectivity index (χ1n) is 4.94. The Balaban J connectivity index is 2.40. The summed E-state index contributed by atoms with van der Waals surface area (Å²) in [5, 5.41) is 2.57. The number of anilines is 3. The van der Waals surface area contributed by atoms with Crippen LogP contribution in [-0.4, -0.2) is 0 Å². The Morgan fingerprint density at radius 1 is 0.944 bits per heavy atom. The van der Waals surface area contributed by atoms with Crippen LogP contribution in [0.15, 0.2) is 30.3 Å². The highest BCUT2D eigenvalue weighted by molar-refractivity contribution is 14.1. The first kappa shape index (κ1) is 13.0. The number of nitrogens with one attached hydrogen (secondary N) is 1. The van der Waals surface area contributed by atoms with E-state index in [4.69, 9.17) is 5.73 Å². The fraction of sp³-hybridized carbons (Fsp3) is 0. The first-order valence-corrected chi connectivity index (χ1v) is 6.02. The van der Waals surface area contributed by atoms with E-state index in [0.717, 1.165) is 6.07 Å². The van der Waals surface area contributed by atoms with E-state index in [2.05, 4.69) is 5.32 Å². The fourth-order valence-corrected chi connectivity index (χ4v) is 1.88. The van der Waals surface area contributed by atoms with Gasteiger partial charge in [-0.3, -0.25) is 0 Å². The minimum atomic E-state index is -0.886. The minimum absolute atomic E-state index is 0.00684. The SMILES string of the molecule is Nc1c(F)cc(F)cc1Nc1ccc(I)cc1F. The third-order valence-corrected chi connectivity index (χ3v) is 2.97. The third kappa shape index (κ3) is 2.69. The number of benzene rings is 2. The van der Waals surface area contributed by atoms with Crippen molar-refractivity contribution >= 4 is 39.7 Å². The van der Waals surface area contributed by atoms with E-state index in [1.165, 1.54) is 12.1 Å². The monoisotopic (exact) mass is 364 g/mol. The second kappa shape index (κ2) is 5.05. The topological polar surface area (TPSA) is 38.0 Å². The predicted octanol–water partition coefficient (Wildman–Crippen LogP) is 4.03. The van der Waals surface area contributed by atoms with Gasteiger partial charge >= 0.3 is 0 Å². The van der Waals surface area contributed by atoms with E-state index in [1.807, 2.05) is 22.6 Å². The summed E-state index contributed by atoms with van der Waals surface area (Å²) in [6.45, 7) is 0. The van der Waals surface area contributed by atoms with Crippen LogP contribution in [0, 0.1) is 21.0 Å². The van der Waals surface area contributed by atoms with Crippen LogP contribution >= 0.6 is 22.6 Å². The maximum Gasteiger partial charge on any atom is 0.151 e. The highest BCUT2D eigenvalue weighted by Gasteiger charge is 2.10. The molecule has 0 radical (unpaired) electrons. The molecule has 0 aliphatic heterocycles. The van der Waals surface area contributed by atoms with E-state index in [9.17, 15) is 13.2 Å². The Morgan fingerprint density at radius 3 is 2.33 bits per heavy atom. The summed E-state index contributed by atoms with van der Waals surface area (Å²) in [7, 11) is 0. The lowest BCUT2D eigenvalue weighted by Crippen LogP contribution is -2.01. The van der Waals surface area contributed by atoms with Crippen LogP contribution in [0.5, 0.6) is 0 Å². The molecule has 3 N–H and O–H groups in total. The molecule has 94 valence electrons. The largest absolute Gasteiger partial charge is 0.395 e. The van der Waals surface area contributed by atoms with Crippen LogP contribution in [0.4, 0.5) is 30.2 Å². The van der Waals surface area contributed by atoms with Gasteiger partial charge in [-0.05, 0) is 46.9 Å². The van der Waals surface area contributed by atoms with Crippen molar-refractivity contribution in [2.45, 2.75) is 0 Å². The van der Waals surface area contributed by atoms with Crippen LogP contribution in [0.1, 0.15) is 0 Å². The molecule has 2 aromatic carbocycles. The lowest BCUT2D eigenvalue weighted by Gasteiger charge is -2.11. The summed E-state index contributed by atoms with van der Waals surface area (Å²) >= 11 is 1.96. The van der Waals surface area contributed by atoms with E-state index < -0.39 is 17.5 Å². The van der Waals surface area contributed by atoms with Crippen LogP contribution in [0.25, 0.3) is 0 Å². The fourth-order valence-electron chi connectivity index (χ4n) is 1.42. The van der Waals surface area contributed by atoms with Gasteiger partial charge in [-0.1, -0.05) is 0 Å². The number of rotatable bonds is 2. The molecule has 2 rings (SSSR count). The van der Waals surface area contributed by atoms with Gasteiger partial charge in [-0.25, -0.2) is 13.2 Å². The van der Waals surface area contributed by atoms with Crippen molar-refractivity contribution in [3.63, 3.8) is 0 Å². The molecule has 0 aliphatic rings. The zero-order valence-corrected chi connectivity index (χ0v) is 11.1. The number of halogens is 4. The highest BCUT2D eigenvalue weighted by atomic mass is 127. The molecule has 0 bridgehead atoms. The van der Waals surface area contributed by atoms with Crippen LogP contribution < -0.4 is 11.1 Å². The lowest BCUT2D eigenvalue weighted by atomic mass is 10.2. The lowest BCUT2D eigenvalue weighted by molar-refractivity contribution is 0.587. The highest BCUT2D eigenvalue weighted by Crippen LogP contribution is 2.28. The smallest absolute Gasteiger partial charge is 0.151 e. The molecule has 0 aromatic heterocycles. The summed E-state index contributed by atoms with van der Waals surface area (Å²) in [5.74, 6) is -2.19. The average Bonchev–Trinajstić information content (AvgIpc) is 2.29. The third-order valence-electron chi connectivity index (χ3n) is 2.29. The van der Waals surface area contributed by atoms with Crippen molar-refractivity contribution in [1.29, 1.82) is 0 Å². The van der Waals surface area contributed by atoms with Crippen LogP contribution in [0.2, 0.25) is 0 Å². The summed E-state index contributed by atoms with van der Waals surface area (Å²) in [4.78, 5) is 0. The van der Waals surface area contributed by atoms with E-state index in [0.29, 0.717) is 9.64 Å². The van der Waals surface area contributed by atoms with Crippen molar-refractivity contribution in [2.24, 2.45) is 0 Å². The van der Waals surface area contributed by atoms with Crippen molar-refractivity contribution < 1.29 is 13.2 Å². The molecule has 0 heterocycles. The molecule has 0 atom stereocenters. The molecule has 2 aromatic rings. The van der Waals surface area contributed by atoms with Gasteiger partial charge in [-0.15, -0.1) is 0 Å². The Hall–Kier alpha value is -1.44. The Bertz CT molecular complexity index is 602. The van der Waals surface area contributed by atoms with Crippen molar-refractivity contribution in [1.82, 2.24) is 0 Å². The number of nitrogens with two attached hydrogens (primary N) is 1. The molecule has 6 heteroatoms. The zero-order chi connectivity index (χ0) is 13.3. The van der Waals surface area contributed by atoms with Gasteiger partial charge in [0.15, 0.2) is 5.82 Å². The molecule has 18 heavy (non-hydrogen) atoms. The summed E-state index contributed by atoms with van der Waals surface area (Å²) < 4.78 is 40.5. The number of hydrogen-bond donors (Lipinski definition) is 2. The van der Waals surface area contributed by atoms with Gasteiger partial charge in [0.2, 0.25) is 0 Å². The van der Waals surface area contributed by atoms with Gasteiger partial charge in [0.1, 0.15) is 11.6 Å². The van der Waals surface area contributed by atoms with Gasteiger partial charge in [-0.2, -0.15) is 0 Å². The van der Waals surface area contributed by atoms with E-state index >= 15 is 0 Å². The summed E-state index contributed by atoms with van der Waals surface area (Å²) in [6.07, 6.45) is 0. The van der Waals surface area contributed by atoms with Crippen LogP contribution in [-0.2, 0) is 0 Å². The zero-order valence-electron chi connectivity index (χ0n) is 8.98. The maximum atomic E-state index is 13.6. The van der Waals surface area contributed by atoms with Gasteiger partial charge < -0.3 is 11.1 Å². The summed E-state index contributed by atoms with van der Waals surface area (Å²) in [5.41, 5.74) is 5.29. The quantitative estimate of drug-likeness (QED) is 0.624. The first-order chi connectivity index (χ1) is 8.47. The molecular formula is C12H8F3IN2. The Labute approximate surface area is 115 Å². The molecule has 0 spiro atoms. The predicted molar refractivity (Wildman–Crippen MR) is 73.2 cm³/mol. The standard InChI is InChI=1S/C12H8F3IN2/c13-6-3-9(15)12(17)11(4-6)18-10-2-1-7(16)5-8(10)14/h1-5,18H,17H2. The molecule has 0 amide bonds. The molecule has 0 saturated carbocycles. The van der Waals surface area contributed by atoms with Crippen molar-refractivity contribution in [2.75, 3.05) is 11.1 Å². The number of nitrogen functional groups attached to an aromatic ring is 1. The second-order valence-electron chi connectivity index (χ2n) is 3.60. The Morgan fingerprint density at radius 2 is 1.67 bits per heavy atom. The van der Waals surface area contributed by atoms with Gasteiger partial charge in [0.25, 0.3) is 0 Å². The second-order valence-corrected chi connectivity index (χ2v) is 4.84. The normalized spacial score (nSPS) is 10.4. The number of hydrogen-bond acceptors (Lipinski definition) is 2. The molecule has 0 fully saturated rings. The molecule has 0 unspecified atom stereocenters.